The van der Waals surface area contributed by atoms with Gasteiger partial charge in [-0.1, -0.05) is 86.1 Å². The van der Waals surface area contributed by atoms with Crippen molar-refractivity contribution in [1.82, 2.24) is 0 Å². The lowest BCUT2D eigenvalue weighted by atomic mass is 9.79. The van der Waals surface area contributed by atoms with Crippen molar-refractivity contribution in [2.45, 2.75) is 88.0 Å². The maximum absolute atomic E-state index is 12.7. The van der Waals surface area contributed by atoms with E-state index in [4.69, 9.17) is 0 Å². The minimum atomic E-state index is -0.171. The summed E-state index contributed by atoms with van der Waals surface area (Å²) in [7, 11) is 0. The third-order valence-corrected chi connectivity index (χ3v) is 4.03. The molecule has 0 spiro atoms. The highest BCUT2D eigenvalue weighted by atomic mass is 32.1. The van der Waals surface area contributed by atoms with Crippen LogP contribution in [0.15, 0.2) is 24.3 Å². The number of ketones is 2. The molecule has 0 amide bonds. The van der Waals surface area contributed by atoms with Gasteiger partial charge in [-0.05, 0) is 43.9 Å². The lowest BCUT2D eigenvalue weighted by molar-refractivity contribution is -0.122. The predicted octanol–water partition coefficient (Wildman–Crippen LogP) is 7.70. The largest absolute Gasteiger partial charge is 0.300 e. The Morgan fingerprint density at radius 2 is 1.32 bits per heavy atom. The van der Waals surface area contributed by atoms with Crippen LogP contribution in [0.5, 0.6) is 0 Å². The van der Waals surface area contributed by atoms with Gasteiger partial charge in [-0.2, -0.15) is 12.6 Å². The van der Waals surface area contributed by atoms with Crippen molar-refractivity contribution in [3.05, 3.63) is 35.4 Å². The monoisotopic (exact) mass is 410 g/mol. The lowest BCUT2D eigenvalue weighted by Gasteiger charge is -2.22. The first-order chi connectivity index (χ1) is 13.3. The number of aryl methyl sites for hydroxylation is 1. The summed E-state index contributed by atoms with van der Waals surface area (Å²) in [6, 6.07) is 7.81. The zero-order valence-corrected chi connectivity index (χ0v) is 21.0. The molecule has 0 aromatic heterocycles. The summed E-state index contributed by atoms with van der Waals surface area (Å²) in [4.78, 5) is 24.5. The van der Waals surface area contributed by atoms with Crippen LogP contribution in [0.4, 0.5) is 0 Å². The molecule has 2 nitrogen and oxygen atoms in total. The Kier molecular flexibility index (Phi) is 23.3. The van der Waals surface area contributed by atoms with Crippen LogP contribution in [-0.4, -0.2) is 17.8 Å². The highest BCUT2D eigenvalue weighted by molar-refractivity contribution is 7.79. The molecule has 1 rings (SSSR count). The quantitative estimate of drug-likeness (QED) is 0.352. The fourth-order valence-corrected chi connectivity index (χ4v) is 2.80. The molecule has 0 saturated carbocycles. The smallest absolute Gasteiger partial charge is 0.166 e. The van der Waals surface area contributed by atoms with Crippen LogP contribution in [0, 0.1) is 17.8 Å². The number of thiol groups is 1. The number of Topliss-reactive ketones (excluding diaryl/α,β-unsaturated/α-hetero) is 2. The van der Waals surface area contributed by atoms with E-state index in [1.54, 1.807) is 13.2 Å². The maximum Gasteiger partial charge on any atom is 0.166 e. The second-order valence-corrected chi connectivity index (χ2v) is 7.17. The lowest BCUT2D eigenvalue weighted by Crippen LogP contribution is -2.28. The van der Waals surface area contributed by atoms with Gasteiger partial charge in [0.05, 0.1) is 0 Å². The Balaban J connectivity index is -0.000000675. The fraction of sp³-hybridized carbons (Fsp3) is 0.680. The van der Waals surface area contributed by atoms with E-state index < -0.39 is 0 Å². The Labute approximate surface area is 181 Å². The van der Waals surface area contributed by atoms with Gasteiger partial charge in [-0.25, -0.2) is 0 Å². The van der Waals surface area contributed by atoms with Crippen LogP contribution in [0.25, 0.3) is 0 Å². The average Bonchev–Trinajstić information content (AvgIpc) is 2.70. The maximum atomic E-state index is 12.7. The van der Waals surface area contributed by atoms with Gasteiger partial charge in [0.2, 0.25) is 0 Å². The standard InChI is InChI=1S/C18H26O2.C4H10.C2H6.CH4S/c1-5-8-17(16(7-3)13(4)19)18(20)15-11-9-14(6-2)10-12-15;1-4(2)3;2*1-2/h9-12,16-17H,5-8H2,1-4H3;4H,1-3H3;1-2H3;2H,1H3. The van der Waals surface area contributed by atoms with Gasteiger partial charge < -0.3 is 0 Å². The third-order valence-electron chi connectivity index (χ3n) is 4.03. The molecule has 3 heteroatoms. The van der Waals surface area contributed by atoms with Crippen molar-refractivity contribution in [2.24, 2.45) is 17.8 Å². The highest BCUT2D eigenvalue weighted by Crippen LogP contribution is 2.26. The molecule has 0 bridgehead atoms. The topological polar surface area (TPSA) is 34.1 Å². The summed E-state index contributed by atoms with van der Waals surface area (Å²) < 4.78 is 0. The number of carbonyl (C=O) groups excluding carboxylic acids is 2. The second kappa shape index (κ2) is 20.6. The molecule has 1 aromatic carbocycles. The normalized spacial score (nSPS) is 11.6. The molecule has 0 aliphatic rings. The number of hydrogen-bond donors (Lipinski definition) is 1. The molecule has 1 aromatic rings. The first-order valence-corrected chi connectivity index (χ1v) is 11.8. The van der Waals surface area contributed by atoms with Gasteiger partial charge in [-0.3, -0.25) is 9.59 Å². The zero-order valence-electron chi connectivity index (χ0n) is 20.1. The molecule has 0 saturated heterocycles. The molecular formula is C25H46O2S. The van der Waals surface area contributed by atoms with E-state index in [1.807, 2.05) is 45.0 Å². The third kappa shape index (κ3) is 14.0. The molecule has 2 atom stereocenters. The average molecular weight is 411 g/mol. The van der Waals surface area contributed by atoms with Crippen molar-refractivity contribution in [1.29, 1.82) is 0 Å². The van der Waals surface area contributed by atoms with Crippen LogP contribution < -0.4 is 0 Å². The molecule has 0 fully saturated rings. The minimum absolute atomic E-state index is 0.122. The van der Waals surface area contributed by atoms with E-state index in [9.17, 15) is 9.59 Å². The van der Waals surface area contributed by atoms with Crippen LogP contribution in [0.1, 0.15) is 97.5 Å². The molecule has 0 radical (unpaired) electrons. The summed E-state index contributed by atoms with van der Waals surface area (Å²) >= 11 is 3.53. The Bertz CT molecular complexity index is 489. The highest BCUT2D eigenvalue weighted by Gasteiger charge is 2.30. The van der Waals surface area contributed by atoms with E-state index in [0.29, 0.717) is 0 Å². The van der Waals surface area contributed by atoms with E-state index in [1.165, 1.54) is 5.56 Å². The Hall–Kier alpha value is -1.09. The van der Waals surface area contributed by atoms with Gasteiger partial charge in [0, 0.05) is 17.4 Å². The predicted molar refractivity (Wildman–Crippen MR) is 130 cm³/mol. The van der Waals surface area contributed by atoms with Crippen LogP contribution >= 0.6 is 12.6 Å². The van der Waals surface area contributed by atoms with Gasteiger partial charge >= 0.3 is 0 Å². The first kappa shape index (κ1) is 31.6. The fourth-order valence-electron chi connectivity index (χ4n) is 2.80. The number of carbonyl (C=O) groups is 2. The van der Waals surface area contributed by atoms with E-state index >= 15 is 0 Å². The summed E-state index contributed by atoms with van der Waals surface area (Å²) in [5.74, 6) is 0.768. The summed E-state index contributed by atoms with van der Waals surface area (Å²) in [6.07, 6.45) is 5.11. The van der Waals surface area contributed by atoms with Crippen LogP contribution in [0.3, 0.4) is 0 Å². The first-order valence-electron chi connectivity index (χ1n) is 10.9. The Morgan fingerprint density at radius 1 is 0.893 bits per heavy atom. The van der Waals surface area contributed by atoms with Crippen molar-refractivity contribution in [2.75, 3.05) is 6.26 Å². The van der Waals surface area contributed by atoms with Crippen molar-refractivity contribution >= 4 is 24.2 Å². The molecule has 2 unspecified atom stereocenters. The van der Waals surface area contributed by atoms with Crippen molar-refractivity contribution < 1.29 is 9.59 Å². The van der Waals surface area contributed by atoms with Gasteiger partial charge in [-0.15, -0.1) is 0 Å². The van der Waals surface area contributed by atoms with Crippen molar-refractivity contribution in [3.8, 4) is 0 Å². The summed E-state index contributed by atoms with van der Waals surface area (Å²) in [5.41, 5.74) is 1.97. The zero-order chi connectivity index (χ0) is 22.7. The van der Waals surface area contributed by atoms with E-state index in [2.05, 4.69) is 47.2 Å². The van der Waals surface area contributed by atoms with E-state index in [-0.39, 0.29) is 23.4 Å². The minimum Gasteiger partial charge on any atom is -0.300 e. The summed E-state index contributed by atoms with van der Waals surface area (Å²) in [6.45, 7) is 18.2. The molecule has 28 heavy (non-hydrogen) atoms. The van der Waals surface area contributed by atoms with Gasteiger partial charge in [0.25, 0.3) is 0 Å². The number of hydrogen-bond acceptors (Lipinski definition) is 3. The molecule has 0 aliphatic carbocycles. The van der Waals surface area contributed by atoms with E-state index in [0.717, 1.165) is 37.2 Å². The molecule has 164 valence electrons. The SMILES string of the molecule is CC.CC(C)C.CCCC(C(=O)c1ccc(CC)cc1)C(CC)C(C)=O.CS. The van der Waals surface area contributed by atoms with Gasteiger partial charge in [0.15, 0.2) is 5.78 Å². The number of rotatable bonds is 8. The van der Waals surface area contributed by atoms with Crippen LogP contribution in [0.2, 0.25) is 0 Å². The summed E-state index contributed by atoms with van der Waals surface area (Å²) in [5, 5.41) is 0. The molecule has 0 heterocycles. The second-order valence-electron chi connectivity index (χ2n) is 7.17. The Morgan fingerprint density at radius 3 is 1.61 bits per heavy atom. The molecule has 0 aliphatic heterocycles. The number of benzene rings is 1. The van der Waals surface area contributed by atoms with Crippen molar-refractivity contribution in [3.63, 3.8) is 0 Å². The van der Waals surface area contributed by atoms with Crippen LogP contribution in [-0.2, 0) is 11.2 Å². The van der Waals surface area contributed by atoms with Gasteiger partial charge in [0.1, 0.15) is 5.78 Å². The molecular weight excluding hydrogens is 364 g/mol. The molecule has 0 N–H and O–H groups in total.